The van der Waals surface area contributed by atoms with E-state index in [4.69, 9.17) is 20.9 Å². The van der Waals surface area contributed by atoms with Gasteiger partial charge in [0.2, 0.25) is 5.78 Å². The predicted molar refractivity (Wildman–Crippen MR) is 112 cm³/mol. The maximum absolute atomic E-state index is 14.1. The summed E-state index contributed by atoms with van der Waals surface area (Å²) in [6, 6.07) is 2.27. The Bertz CT molecular complexity index is 925. The van der Waals surface area contributed by atoms with Crippen molar-refractivity contribution in [2.75, 3.05) is 46.0 Å². The first kappa shape index (κ1) is 26.3. The van der Waals surface area contributed by atoms with Crippen molar-refractivity contribution in [3.8, 4) is 0 Å². The van der Waals surface area contributed by atoms with Crippen molar-refractivity contribution >= 4 is 17.6 Å². The number of carbonyl (C=O) groups excluding carboxylic acids is 2. The van der Waals surface area contributed by atoms with E-state index in [0.29, 0.717) is 25.8 Å². The first-order valence-corrected chi connectivity index (χ1v) is 10.2. The van der Waals surface area contributed by atoms with Crippen molar-refractivity contribution in [1.29, 1.82) is 0 Å². The Kier molecular flexibility index (Phi) is 9.35. The molecule has 33 heavy (non-hydrogen) atoms. The van der Waals surface area contributed by atoms with E-state index in [1.54, 1.807) is 6.92 Å². The number of hydrogen-bond acceptors (Lipinski definition) is 7. The quantitative estimate of drug-likeness (QED) is 0.140. The van der Waals surface area contributed by atoms with Gasteiger partial charge in [0, 0.05) is 25.3 Å². The summed E-state index contributed by atoms with van der Waals surface area (Å²) < 4.78 is 62.9. The number of morpholine rings is 1. The third-order valence-electron chi connectivity index (χ3n) is 4.90. The van der Waals surface area contributed by atoms with Crippen LogP contribution < -0.4 is 11.5 Å². The van der Waals surface area contributed by atoms with Crippen LogP contribution in [0.2, 0.25) is 0 Å². The largest absolute Gasteiger partial charge is 0.454 e. The number of nitrogens with two attached hydrogens (primary N) is 2. The molecule has 0 amide bonds. The molecule has 0 saturated carbocycles. The molecular formula is C21H26F4N4O4. The molecule has 0 radical (unpaired) electrons. The molecule has 1 aliphatic heterocycles. The van der Waals surface area contributed by atoms with Crippen molar-refractivity contribution < 1.29 is 36.6 Å². The summed E-state index contributed by atoms with van der Waals surface area (Å²) in [4.78, 5) is 31.0. The predicted octanol–water partition coefficient (Wildman–Crippen LogP) is 1.88. The number of ketones is 1. The zero-order valence-corrected chi connectivity index (χ0v) is 18.1. The fraction of sp³-hybridized carbons (Fsp3) is 0.476. The Hall–Kier alpha value is -2.99. The lowest BCUT2D eigenvalue weighted by atomic mass is 10.1. The molecule has 1 fully saturated rings. The number of hydrogen-bond donors (Lipinski definition) is 2. The van der Waals surface area contributed by atoms with Gasteiger partial charge in [0.1, 0.15) is 17.2 Å². The topological polar surface area (TPSA) is 120 Å². The number of Topliss-reactive ketones (excluding diaryl/α,β-unsaturated/α-hetero) is 1. The van der Waals surface area contributed by atoms with Gasteiger partial charge in [0.15, 0.2) is 6.61 Å². The second kappa shape index (κ2) is 11.8. The third kappa shape index (κ3) is 7.26. The fourth-order valence-corrected chi connectivity index (χ4v) is 3.04. The molecular weight excluding hydrogens is 448 g/mol. The molecule has 1 heterocycles. The highest BCUT2D eigenvalue weighted by Crippen LogP contribution is 2.32. The first-order valence-electron chi connectivity index (χ1n) is 10.2. The van der Waals surface area contributed by atoms with Gasteiger partial charge < -0.3 is 20.9 Å². The van der Waals surface area contributed by atoms with Crippen LogP contribution in [0.1, 0.15) is 29.3 Å². The summed E-state index contributed by atoms with van der Waals surface area (Å²) >= 11 is 0. The summed E-state index contributed by atoms with van der Waals surface area (Å²) in [7, 11) is 0. The van der Waals surface area contributed by atoms with Gasteiger partial charge in [-0.1, -0.05) is 13.0 Å². The number of halogens is 4. The number of amidine groups is 1. The third-order valence-corrected chi connectivity index (χ3v) is 4.90. The maximum atomic E-state index is 14.1. The van der Waals surface area contributed by atoms with Gasteiger partial charge in [0.05, 0.1) is 30.9 Å². The highest BCUT2D eigenvalue weighted by Gasteiger charge is 2.35. The molecule has 2 rings (SSSR count). The van der Waals surface area contributed by atoms with Crippen LogP contribution in [0.3, 0.4) is 0 Å². The number of esters is 1. The van der Waals surface area contributed by atoms with Crippen LogP contribution in [0.4, 0.5) is 17.6 Å². The van der Waals surface area contributed by atoms with E-state index >= 15 is 0 Å². The molecule has 182 valence electrons. The summed E-state index contributed by atoms with van der Waals surface area (Å²) in [5, 5.41) is 0. The number of benzene rings is 1. The lowest BCUT2D eigenvalue weighted by Crippen LogP contribution is -2.38. The van der Waals surface area contributed by atoms with Crippen LogP contribution in [0.15, 0.2) is 34.5 Å². The van der Waals surface area contributed by atoms with E-state index in [1.807, 2.05) is 0 Å². The molecule has 1 aromatic carbocycles. The van der Waals surface area contributed by atoms with E-state index < -0.39 is 41.5 Å². The smallest absolute Gasteiger partial charge is 0.419 e. The number of carbonyl (C=O) groups is 2. The molecule has 0 unspecified atom stereocenters. The van der Waals surface area contributed by atoms with Gasteiger partial charge in [-0.25, -0.2) is 9.18 Å². The highest BCUT2D eigenvalue weighted by molar-refractivity contribution is 6.19. The molecule has 1 saturated heterocycles. The van der Waals surface area contributed by atoms with E-state index in [2.05, 4.69) is 9.89 Å². The standard InChI is InChI=1S/C21H26F4N4O4/c1-2-15(26)17(19(27)28-6-7-29-8-10-32-11-9-29)20(31)33-12-16(30)13-4-3-5-14(18(13)22)21(23,24)25/h3-5H,2,6-12,26H2,1H3,(H2,27,28)/b17-15+. The van der Waals surface area contributed by atoms with Crippen molar-refractivity contribution in [1.82, 2.24) is 4.90 Å². The van der Waals surface area contributed by atoms with Crippen molar-refractivity contribution in [3.63, 3.8) is 0 Å². The second-order valence-electron chi connectivity index (χ2n) is 7.14. The minimum atomic E-state index is -4.98. The van der Waals surface area contributed by atoms with Crippen molar-refractivity contribution in [3.05, 3.63) is 46.4 Å². The van der Waals surface area contributed by atoms with E-state index in [0.717, 1.165) is 25.2 Å². The van der Waals surface area contributed by atoms with Gasteiger partial charge >= 0.3 is 12.1 Å². The molecule has 0 aromatic heterocycles. The Morgan fingerprint density at radius 2 is 1.88 bits per heavy atom. The van der Waals surface area contributed by atoms with E-state index in [-0.39, 0.29) is 30.1 Å². The van der Waals surface area contributed by atoms with Crippen LogP contribution in [0.5, 0.6) is 0 Å². The normalized spacial score (nSPS) is 16.3. The van der Waals surface area contributed by atoms with Gasteiger partial charge in [0.25, 0.3) is 0 Å². The van der Waals surface area contributed by atoms with Crippen LogP contribution >= 0.6 is 0 Å². The molecule has 1 aromatic rings. The van der Waals surface area contributed by atoms with Crippen LogP contribution in [0.25, 0.3) is 0 Å². The molecule has 0 aliphatic carbocycles. The average Bonchev–Trinajstić information content (AvgIpc) is 2.77. The van der Waals surface area contributed by atoms with Crippen molar-refractivity contribution in [2.45, 2.75) is 19.5 Å². The number of allylic oxidation sites excluding steroid dienone is 1. The van der Waals surface area contributed by atoms with Crippen LogP contribution in [-0.2, 0) is 20.4 Å². The number of nitrogens with zero attached hydrogens (tertiary/aromatic N) is 2. The molecule has 8 nitrogen and oxygen atoms in total. The zero-order valence-electron chi connectivity index (χ0n) is 18.1. The van der Waals surface area contributed by atoms with E-state index in [1.165, 1.54) is 0 Å². The van der Waals surface area contributed by atoms with E-state index in [9.17, 15) is 27.2 Å². The summed E-state index contributed by atoms with van der Waals surface area (Å²) in [6.45, 7) is 4.21. The highest BCUT2D eigenvalue weighted by atomic mass is 19.4. The summed E-state index contributed by atoms with van der Waals surface area (Å²) in [5.41, 5.74) is 9.16. The molecule has 12 heteroatoms. The monoisotopic (exact) mass is 474 g/mol. The minimum absolute atomic E-state index is 0.0605. The molecule has 1 aliphatic rings. The second-order valence-corrected chi connectivity index (χ2v) is 7.14. The van der Waals surface area contributed by atoms with Gasteiger partial charge in [-0.3, -0.25) is 14.7 Å². The summed E-state index contributed by atoms with van der Waals surface area (Å²) in [6.07, 6.45) is -4.75. The number of rotatable bonds is 9. The molecule has 0 spiro atoms. The Balaban J connectivity index is 2.07. The van der Waals surface area contributed by atoms with Crippen LogP contribution in [-0.4, -0.2) is 68.5 Å². The number of alkyl halides is 3. The first-order chi connectivity index (χ1) is 15.6. The molecule has 0 bridgehead atoms. The number of ether oxygens (including phenoxy) is 2. The van der Waals surface area contributed by atoms with Crippen molar-refractivity contribution in [2.24, 2.45) is 16.5 Å². The Labute approximate surface area is 188 Å². The minimum Gasteiger partial charge on any atom is -0.454 e. The van der Waals surface area contributed by atoms with Gasteiger partial charge in [-0.05, 0) is 18.6 Å². The maximum Gasteiger partial charge on any atom is 0.419 e. The SMILES string of the molecule is CC/C(N)=C(\C(=O)OCC(=O)c1cccc(C(F)(F)F)c1F)C(N)=NCCN1CCOCC1. The number of aliphatic imine (C=N–C) groups is 1. The Morgan fingerprint density at radius 3 is 2.48 bits per heavy atom. The molecule has 4 N–H and O–H groups in total. The van der Waals surface area contributed by atoms with Crippen LogP contribution in [0, 0.1) is 5.82 Å². The Morgan fingerprint density at radius 1 is 1.21 bits per heavy atom. The van der Waals surface area contributed by atoms with Gasteiger partial charge in [-0.15, -0.1) is 0 Å². The van der Waals surface area contributed by atoms with Gasteiger partial charge in [-0.2, -0.15) is 13.2 Å². The lowest BCUT2D eigenvalue weighted by Gasteiger charge is -2.25. The average molecular weight is 474 g/mol. The molecule has 0 atom stereocenters. The summed E-state index contributed by atoms with van der Waals surface area (Å²) in [5.74, 6) is -4.16. The zero-order chi connectivity index (χ0) is 24.6. The lowest BCUT2D eigenvalue weighted by molar-refractivity contribution is -0.140. The fourth-order valence-electron chi connectivity index (χ4n) is 3.04.